The van der Waals surface area contributed by atoms with Crippen LogP contribution in [-0.4, -0.2) is 50.6 Å². The number of aromatic nitrogens is 5. The van der Waals surface area contributed by atoms with Crippen LogP contribution in [0, 0.1) is 5.82 Å². The molecule has 4 aromatic rings. The van der Waals surface area contributed by atoms with Crippen molar-refractivity contribution in [3.8, 4) is 17.2 Å². The molecule has 0 saturated heterocycles. The zero-order valence-electron chi connectivity index (χ0n) is 19.2. The molecule has 3 N–H and O–H groups in total. The van der Waals surface area contributed by atoms with Crippen molar-refractivity contribution in [3.05, 3.63) is 86.7 Å². The van der Waals surface area contributed by atoms with Gasteiger partial charge in [0.1, 0.15) is 11.6 Å². The molecule has 0 aliphatic carbocycles. The normalized spacial score (nSPS) is 10.8. The van der Waals surface area contributed by atoms with Crippen molar-refractivity contribution in [1.29, 1.82) is 0 Å². The minimum Gasteiger partial charge on any atom is -0.493 e. The number of aromatic amines is 2. The number of hydrogen-bond donors (Lipinski definition) is 3. The molecule has 0 atom stereocenters. The van der Waals surface area contributed by atoms with E-state index in [1.165, 1.54) is 44.6 Å². The summed E-state index contributed by atoms with van der Waals surface area (Å²) >= 11 is 1.12. The minimum absolute atomic E-state index is 0.00445. The summed E-state index contributed by atoms with van der Waals surface area (Å²) in [5.41, 5.74) is 0.195. The van der Waals surface area contributed by atoms with Crippen molar-refractivity contribution in [1.82, 2.24) is 24.7 Å². The van der Waals surface area contributed by atoms with Gasteiger partial charge in [-0.2, -0.15) is 0 Å². The maximum atomic E-state index is 13.5. The highest BCUT2D eigenvalue weighted by molar-refractivity contribution is 7.99. The van der Waals surface area contributed by atoms with Crippen LogP contribution in [0.3, 0.4) is 0 Å². The summed E-state index contributed by atoms with van der Waals surface area (Å²) in [7, 11) is 3.02. The quantitative estimate of drug-likeness (QED) is 0.289. The fourth-order valence-electron chi connectivity index (χ4n) is 3.38. The Labute approximate surface area is 207 Å². The summed E-state index contributed by atoms with van der Waals surface area (Å²) in [5, 5.41) is 11.5. The number of carbonyl (C=O) groups excluding carboxylic acids is 1. The van der Waals surface area contributed by atoms with Crippen LogP contribution in [0.5, 0.6) is 11.5 Å². The van der Waals surface area contributed by atoms with Gasteiger partial charge in [-0.3, -0.25) is 19.1 Å². The van der Waals surface area contributed by atoms with Gasteiger partial charge < -0.3 is 19.8 Å². The van der Waals surface area contributed by atoms with E-state index in [9.17, 15) is 18.8 Å². The summed E-state index contributed by atoms with van der Waals surface area (Å²) in [6.07, 6.45) is 0.0714. The van der Waals surface area contributed by atoms with Gasteiger partial charge in [0.25, 0.3) is 5.56 Å². The number of nitrogens with zero attached hydrogens (tertiary/aromatic N) is 3. The molecular weight excluding hydrogens is 491 g/mol. The number of anilines is 1. The van der Waals surface area contributed by atoms with Crippen molar-refractivity contribution >= 4 is 23.4 Å². The third-order valence-electron chi connectivity index (χ3n) is 4.95. The molecule has 0 spiro atoms. The number of halogens is 1. The predicted molar refractivity (Wildman–Crippen MR) is 131 cm³/mol. The first kappa shape index (κ1) is 24.7. The molecule has 0 radical (unpaired) electrons. The second-order valence-corrected chi connectivity index (χ2v) is 8.35. The van der Waals surface area contributed by atoms with Gasteiger partial charge in [0.05, 0.1) is 20.0 Å². The number of H-pyrrole nitrogens is 2. The number of methoxy groups -OCH3 is 2. The lowest BCUT2D eigenvalue weighted by Gasteiger charge is -2.11. The molecule has 2 aromatic heterocycles. The molecule has 0 aliphatic rings. The van der Waals surface area contributed by atoms with Gasteiger partial charge in [-0.15, -0.1) is 10.2 Å². The summed E-state index contributed by atoms with van der Waals surface area (Å²) < 4.78 is 25.6. The number of amides is 1. The molecule has 2 aromatic carbocycles. The first-order valence-electron chi connectivity index (χ1n) is 10.5. The largest absolute Gasteiger partial charge is 0.493 e. The highest BCUT2D eigenvalue weighted by Crippen LogP contribution is 2.30. The Balaban J connectivity index is 1.56. The van der Waals surface area contributed by atoms with Gasteiger partial charge in [-0.1, -0.05) is 11.8 Å². The average Bonchev–Trinajstić information content (AvgIpc) is 3.24. The molecule has 13 heteroatoms. The summed E-state index contributed by atoms with van der Waals surface area (Å²) in [4.78, 5) is 40.6. The summed E-state index contributed by atoms with van der Waals surface area (Å²) in [5.74, 6) is 0.658. The molecular formula is C23H21FN6O5S. The molecule has 0 saturated carbocycles. The Bertz CT molecular complexity index is 1470. The smallest absolute Gasteiger partial charge is 0.325 e. The summed E-state index contributed by atoms with van der Waals surface area (Å²) in [6.45, 7) is 0. The highest BCUT2D eigenvalue weighted by atomic mass is 32.2. The Morgan fingerprint density at radius 3 is 2.47 bits per heavy atom. The van der Waals surface area contributed by atoms with Crippen LogP contribution < -0.4 is 26.0 Å². The standard InChI is InChI=1S/C23H21FN6O5S/c1-34-17-8-5-14(9-18(17)35-2)25-21(32)12-36-23-29-28-19(10-15-11-20(31)27-22(33)26-15)30(23)16-6-3-13(24)4-7-16/h3-9,11H,10,12H2,1-2H3,(H,25,32)(H2,26,27,31,33). The molecule has 0 aliphatic heterocycles. The van der Waals surface area contributed by atoms with Crippen LogP contribution in [0.15, 0.2) is 63.3 Å². The van der Waals surface area contributed by atoms with Crippen molar-refractivity contribution in [2.45, 2.75) is 11.6 Å². The SMILES string of the molecule is COc1ccc(NC(=O)CSc2nnc(Cc3cc(=O)[nH]c(=O)[nH]3)n2-c2ccc(F)cc2)cc1OC. The molecule has 0 unspecified atom stereocenters. The third kappa shape index (κ3) is 5.81. The van der Waals surface area contributed by atoms with Gasteiger partial charge in [0.2, 0.25) is 5.91 Å². The highest BCUT2D eigenvalue weighted by Gasteiger charge is 2.17. The third-order valence-corrected chi connectivity index (χ3v) is 5.88. The van der Waals surface area contributed by atoms with E-state index in [0.29, 0.717) is 39.5 Å². The van der Waals surface area contributed by atoms with Crippen LogP contribution in [-0.2, 0) is 11.2 Å². The van der Waals surface area contributed by atoms with E-state index in [0.717, 1.165) is 11.8 Å². The second-order valence-electron chi connectivity index (χ2n) is 7.41. The Kier molecular flexibility index (Phi) is 7.49. The molecule has 0 bridgehead atoms. The van der Waals surface area contributed by atoms with E-state index in [-0.39, 0.29) is 18.1 Å². The fraction of sp³-hybridized carbons (Fsp3) is 0.174. The molecule has 186 valence electrons. The number of nitrogens with one attached hydrogen (secondary N) is 3. The predicted octanol–water partition coefficient (Wildman–Crippen LogP) is 2.12. The van der Waals surface area contributed by atoms with E-state index < -0.39 is 17.1 Å². The lowest BCUT2D eigenvalue weighted by molar-refractivity contribution is -0.113. The Hall–Kier alpha value is -4.39. The topological polar surface area (TPSA) is 144 Å². The van der Waals surface area contributed by atoms with Gasteiger partial charge >= 0.3 is 5.69 Å². The Morgan fingerprint density at radius 1 is 1.03 bits per heavy atom. The van der Waals surface area contributed by atoms with Crippen molar-refractivity contribution < 1.29 is 18.7 Å². The van der Waals surface area contributed by atoms with E-state index in [1.54, 1.807) is 22.8 Å². The van der Waals surface area contributed by atoms with Crippen molar-refractivity contribution in [2.24, 2.45) is 0 Å². The van der Waals surface area contributed by atoms with Gasteiger partial charge in [-0.25, -0.2) is 9.18 Å². The van der Waals surface area contributed by atoms with Crippen LogP contribution in [0.2, 0.25) is 0 Å². The molecule has 4 rings (SSSR count). The molecule has 0 fully saturated rings. The number of carbonyl (C=O) groups is 1. The fourth-order valence-corrected chi connectivity index (χ4v) is 4.15. The molecule has 11 nitrogen and oxygen atoms in total. The number of hydrogen-bond acceptors (Lipinski definition) is 8. The first-order valence-corrected chi connectivity index (χ1v) is 11.5. The van der Waals surface area contributed by atoms with Crippen LogP contribution >= 0.6 is 11.8 Å². The average molecular weight is 513 g/mol. The first-order chi connectivity index (χ1) is 17.4. The van der Waals surface area contributed by atoms with Gasteiger partial charge in [0, 0.05) is 35.6 Å². The number of benzene rings is 2. The minimum atomic E-state index is -0.647. The van der Waals surface area contributed by atoms with Crippen LogP contribution in [0.1, 0.15) is 11.5 Å². The molecule has 2 heterocycles. The van der Waals surface area contributed by atoms with E-state index >= 15 is 0 Å². The number of thioether (sulfide) groups is 1. The molecule has 36 heavy (non-hydrogen) atoms. The lowest BCUT2D eigenvalue weighted by atomic mass is 10.2. The van der Waals surface area contributed by atoms with Crippen molar-refractivity contribution in [3.63, 3.8) is 0 Å². The van der Waals surface area contributed by atoms with Crippen LogP contribution in [0.4, 0.5) is 10.1 Å². The van der Waals surface area contributed by atoms with Crippen LogP contribution in [0.25, 0.3) is 5.69 Å². The zero-order valence-corrected chi connectivity index (χ0v) is 20.0. The van der Waals surface area contributed by atoms with Gasteiger partial charge in [0.15, 0.2) is 16.7 Å². The zero-order chi connectivity index (χ0) is 25.7. The maximum absolute atomic E-state index is 13.5. The second kappa shape index (κ2) is 10.9. The van der Waals surface area contributed by atoms with E-state index in [2.05, 4.69) is 25.5 Å². The Morgan fingerprint density at radius 2 is 1.78 bits per heavy atom. The molecule has 1 amide bonds. The monoisotopic (exact) mass is 512 g/mol. The number of ether oxygens (including phenoxy) is 2. The van der Waals surface area contributed by atoms with E-state index in [1.807, 2.05) is 0 Å². The van der Waals surface area contributed by atoms with Gasteiger partial charge in [-0.05, 0) is 36.4 Å². The van der Waals surface area contributed by atoms with E-state index in [4.69, 9.17) is 9.47 Å². The lowest BCUT2D eigenvalue weighted by Crippen LogP contribution is -2.23. The number of rotatable bonds is 9. The van der Waals surface area contributed by atoms with Crippen molar-refractivity contribution in [2.75, 3.05) is 25.3 Å². The summed E-state index contributed by atoms with van der Waals surface area (Å²) in [6, 6.07) is 11.9. The maximum Gasteiger partial charge on any atom is 0.325 e.